The molecule has 0 spiro atoms. The molecule has 1 aliphatic heterocycles. The van der Waals surface area contributed by atoms with E-state index >= 15 is 0 Å². The fourth-order valence-electron chi connectivity index (χ4n) is 2.14. The van der Waals surface area contributed by atoms with Crippen LogP contribution in [-0.2, 0) is 18.8 Å². The lowest BCUT2D eigenvalue weighted by Crippen LogP contribution is -2.20. The summed E-state index contributed by atoms with van der Waals surface area (Å²) in [5, 5.41) is 0. The minimum Gasteiger partial charge on any atom is -0.242 e. The number of fused-ring (bicyclic) bond motifs is 1. The fourth-order valence-corrected chi connectivity index (χ4v) is 3.21. The van der Waals surface area contributed by atoms with E-state index in [4.69, 9.17) is 0 Å². The molecule has 17 heavy (non-hydrogen) atoms. The van der Waals surface area contributed by atoms with Crippen molar-refractivity contribution in [2.45, 2.75) is 18.8 Å². The second-order valence-electron chi connectivity index (χ2n) is 4.33. The lowest BCUT2D eigenvalue weighted by Gasteiger charge is -2.27. The Hall–Kier alpha value is -1.25. The molecule has 0 unspecified atom stereocenters. The van der Waals surface area contributed by atoms with Crippen molar-refractivity contribution in [1.82, 2.24) is 4.31 Å². The zero-order valence-electron chi connectivity index (χ0n) is 9.67. The average molecular weight is 241 g/mol. The van der Waals surface area contributed by atoms with Crippen molar-refractivity contribution in [3.63, 3.8) is 0 Å². The van der Waals surface area contributed by atoms with Crippen molar-refractivity contribution < 1.29 is 0 Å². The maximum absolute atomic E-state index is 2.44. The monoisotopic (exact) mass is 241 g/mol. The molecule has 3 rings (SSSR count). The van der Waals surface area contributed by atoms with Crippen LogP contribution in [0.2, 0.25) is 0 Å². The Balaban J connectivity index is 1.72. The van der Waals surface area contributed by atoms with E-state index < -0.39 is 0 Å². The van der Waals surface area contributed by atoms with Crippen LogP contribution in [0.1, 0.15) is 16.7 Å². The molecule has 0 fully saturated rings. The van der Waals surface area contributed by atoms with Gasteiger partial charge in [0.15, 0.2) is 0 Å². The number of nitrogens with zero attached hydrogens (tertiary/aromatic N) is 1. The molecule has 0 bridgehead atoms. The standard InChI is InChI=1S/C15H15NS/c1-2-6-13(7-3-1)10-16-11-14-8-4-5-9-15(14)12-17-16/h1-9H,10-12H2. The minimum atomic E-state index is 1.03. The van der Waals surface area contributed by atoms with E-state index in [0.717, 1.165) is 18.8 Å². The molecule has 0 radical (unpaired) electrons. The first-order valence-corrected chi connectivity index (χ1v) is 6.84. The maximum Gasteiger partial charge on any atom is 0.0347 e. The number of rotatable bonds is 2. The average Bonchev–Trinajstić information content (AvgIpc) is 2.40. The van der Waals surface area contributed by atoms with Gasteiger partial charge in [0.25, 0.3) is 0 Å². The van der Waals surface area contributed by atoms with E-state index in [1.165, 1.54) is 16.7 Å². The summed E-state index contributed by atoms with van der Waals surface area (Å²) in [6.45, 7) is 2.08. The molecule has 0 saturated heterocycles. The Bertz CT molecular complexity index is 495. The van der Waals surface area contributed by atoms with Gasteiger partial charge in [-0.05, 0) is 16.7 Å². The summed E-state index contributed by atoms with van der Waals surface area (Å²) < 4.78 is 2.44. The summed E-state index contributed by atoms with van der Waals surface area (Å²) in [6, 6.07) is 19.4. The number of benzene rings is 2. The van der Waals surface area contributed by atoms with Gasteiger partial charge in [0.2, 0.25) is 0 Å². The second kappa shape index (κ2) is 4.94. The van der Waals surface area contributed by atoms with Gasteiger partial charge in [-0.25, -0.2) is 4.31 Å². The topological polar surface area (TPSA) is 3.24 Å². The first kappa shape index (κ1) is 10.9. The molecular weight excluding hydrogens is 226 g/mol. The van der Waals surface area contributed by atoms with Gasteiger partial charge in [-0.3, -0.25) is 0 Å². The SMILES string of the molecule is c1ccc(CN2Cc3ccccc3CS2)cc1. The summed E-state index contributed by atoms with van der Waals surface area (Å²) in [4.78, 5) is 0. The molecule has 0 N–H and O–H groups in total. The largest absolute Gasteiger partial charge is 0.242 e. The van der Waals surface area contributed by atoms with E-state index in [2.05, 4.69) is 58.9 Å². The highest BCUT2D eigenvalue weighted by Gasteiger charge is 2.16. The lowest BCUT2D eigenvalue weighted by molar-refractivity contribution is 0.454. The van der Waals surface area contributed by atoms with Crippen LogP contribution in [0.5, 0.6) is 0 Å². The van der Waals surface area contributed by atoms with E-state index in [0.29, 0.717) is 0 Å². The van der Waals surface area contributed by atoms with Gasteiger partial charge in [0.05, 0.1) is 0 Å². The summed E-state index contributed by atoms with van der Waals surface area (Å²) >= 11 is 1.93. The highest BCUT2D eigenvalue weighted by atomic mass is 32.2. The van der Waals surface area contributed by atoms with Crippen molar-refractivity contribution in [2.75, 3.05) is 0 Å². The summed E-state index contributed by atoms with van der Waals surface area (Å²) in [6.07, 6.45) is 0. The van der Waals surface area contributed by atoms with Gasteiger partial charge in [0, 0.05) is 18.8 Å². The van der Waals surface area contributed by atoms with Crippen molar-refractivity contribution in [1.29, 1.82) is 0 Å². The summed E-state index contributed by atoms with van der Waals surface area (Å²) in [5.41, 5.74) is 4.35. The van der Waals surface area contributed by atoms with Crippen LogP contribution in [0.4, 0.5) is 0 Å². The summed E-state index contributed by atoms with van der Waals surface area (Å²) in [7, 11) is 0. The number of hydrogen-bond acceptors (Lipinski definition) is 2. The molecule has 2 aromatic rings. The third-order valence-electron chi connectivity index (χ3n) is 3.07. The molecule has 2 heteroatoms. The van der Waals surface area contributed by atoms with Gasteiger partial charge < -0.3 is 0 Å². The Morgan fingerprint density at radius 3 is 2.41 bits per heavy atom. The Kier molecular flexibility index (Phi) is 3.16. The highest BCUT2D eigenvalue weighted by molar-refractivity contribution is 7.96. The third-order valence-corrected chi connectivity index (χ3v) is 4.13. The van der Waals surface area contributed by atoms with Crippen LogP contribution in [0, 0.1) is 0 Å². The maximum atomic E-state index is 2.44. The van der Waals surface area contributed by atoms with E-state index in [9.17, 15) is 0 Å². The zero-order chi connectivity index (χ0) is 11.5. The quantitative estimate of drug-likeness (QED) is 0.735. The van der Waals surface area contributed by atoms with Crippen molar-refractivity contribution >= 4 is 11.9 Å². The molecule has 0 saturated carbocycles. The lowest BCUT2D eigenvalue weighted by atomic mass is 10.1. The molecule has 0 amide bonds. The molecule has 0 aromatic heterocycles. The third kappa shape index (κ3) is 2.54. The Morgan fingerprint density at radius 2 is 1.59 bits per heavy atom. The molecule has 1 heterocycles. The molecule has 86 valence electrons. The van der Waals surface area contributed by atoms with Crippen molar-refractivity contribution in [3.05, 3.63) is 71.3 Å². The fraction of sp³-hybridized carbons (Fsp3) is 0.200. The normalized spacial score (nSPS) is 15.5. The zero-order valence-corrected chi connectivity index (χ0v) is 10.5. The van der Waals surface area contributed by atoms with Gasteiger partial charge in [0.1, 0.15) is 0 Å². The minimum absolute atomic E-state index is 1.03. The smallest absolute Gasteiger partial charge is 0.0347 e. The van der Waals surface area contributed by atoms with Gasteiger partial charge in [-0.15, -0.1) is 0 Å². The van der Waals surface area contributed by atoms with Gasteiger partial charge >= 0.3 is 0 Å². The van der Waals surface area contributed by atoms with Crippen LogP contribution in [-0.4, -0.2) is 4.31 Å². The van der Waals surface area contributed by atoms with Crippen molar-refractivity contribution in [3.8, 4) is 0 Å². The Labute approximate surface area is 107 Å². The van der Waals surface area contributed by atoms with Crippen LogP contribution in [0.15, 0.2) is 54.6 Å². The highest BCUT2D eigenvalue weighted by Crippen LogP contribution is 2.30. The molecule has 1 aliphatic rings. The van der Waals surface area contributed by atoms with E-state index in [-0.39, 0.29) is 0 Å². The molecule has 0 atom stereocenters. The summed E-state index contributed by atoms with van der Waals surface area (Å²) in [5.74, 6) is 1.10. The van der Waals surface area contributed by atoms with Gasteiger partial charge in [-0.1, -0.05) is 66.5 Å². The predicted octanol–water partition coefficient (Wildman–Crippen LogP) is 3.85. The predicted molar refractivity (Wildman–Crippen MR) is 73.4 cm³/mol. The first-order valence-electron chi connectivity index (χ1n) is 5.90. The first-order chi connectivity index (χ1) is 8.42. The van der Waals surface area contributed by atoms with Crippen LogP contribution < -0.4 is 0 Å². The van der Waals surface area contributed by atoms with E-state index in [1.807, 2.05) is 11.9 Å². The van der Waals surface area contributed by atoms with Crippen molar-refractivity contribution in [2.24, 2.45) is 0 Å². The number of hydrogen-bond donors (Lipinski definition) is 0. The van der Waals surface area contributed by atoms with Crippen LogP contribution in [0.3, 0.4) is 0 Å². The van der Waals surface area contributed by atoms with Crippen LogP contribution >= 0.6 is 11.9 Å². The molecule has 2 aromatic carbocycles. The molecule has 0 aliphatic carbocycles. The molecule has 1 nitrogen and oxygen atoms in total. The second-order valence-corrected chi connectivity index (χ2v) is 5.39. The molecular formula is C15H15NS. The van der Waals surface area contributed by atoms with E-state index in [1.54, 1.807) is 0 Å². The van der Waals surface area contributed by atoms with Crippen LogP contribution in [0.25, 0.3) is 0 Å². The van der Waals surface area contributed by atoms with Gasteiger partial charge in [-0.2, -0.15) is 0 Å². The Morgan fingerprint density at radius 1 is 0.882 bits per heavy atom.